The standard InChI is InChI=1S/C24H31N5O2S2/c1-15-10-16(25)7-8-18(15)22(30)29-9-5-6-17(13-29)28-23-27-12-21(33-23)32-14-20-26-11-19(31-20)24(2,3)4/h7-8,10-12,17H,5-6,9,13-14,25H2,1-4H3,(H,27,28). The van der Waals surface area contributed by atoms with Gasteiger partial charge in [0, 0.05) is 35.8 Å². The molecule has 176 valence electrons. The molecule has 3 aromatic rings. The summed E-state index contributed by atoms with van der Waals surface area (Å²) in [6.45, 7) is 9.70. The molecule has 1 fully saturated rings. The highest BCUT2D eigenvalue weighted by atomic mass is 32.2. The van der Waals surface area contributed by atoms with Crippen LogP contribution in [0.15, 0.2) is 39.2 Å². The van der Waals surface area contributed by atoms with Gasteiger partial charge in [-0.3, -0.25) is 4.79 Å². The molecule has 0 spiro atoms. The zero-order chi connectivity index (χ0) is 23.6. The Labute approximate surface area is 203 Å². The Morgan fingerprint density at radius 3 is 2.88 bits per heavy atom. The van der Waals surface area contributed by atoms with Crippen molar-refractivity contribution in [1.82, 2.24) is 14.9 Å². The number of oxazole rings is 1. The number of likely N-dealkylation sites (tertiary alicyclic amines) is 1. The lowest BCUT2D eigenvalue weighted by Gasteiger charge is -2.33. The zero-order valence-electron chi connectivity index (χ0n) is 19.6. The number of carbonyl (C=O) groups excluding carboxylic acids is 1. The number of thiazole rings is 1. The van der Waals surface area contributed by atoms with Crippen LogP contribution in [0.1, 0.15) is 61.2 Å². The smallest absolute Gasteiger partial charge is 0.254 e. The molecule has 9 heteroatoms. The minimum atomic E-state index is -0.0423. The van der Waals surface area contributed by atoms with E-state index in [4.69, 9.17) is 10.2 Å². The van der Waals surface area contributed by atoms with Gasteiger partial charge in [0.15, 0.2) is 5.13 Å². The number of hydrogen-bond acceptors (Lipinski definition) is 8. The number of thioether (sulfide) groups is 1. The monoisotopic (exact) mass is 485 g/mol. The third-order valence-electron chi connectivity index (χ3n) is 5.63. The fourth-order valence-corrected chi connectivity index (χ4v) is 5.60. The van der Waals surface area contributed by atoms with E-state index in [0.29, 0.717) is 18.0 Å². The molecule has 33 heavy (non-hydrogen) atoms. The summed E-state index contributed by atoms with van der Waals surface area (Å²) >= 11 is 3.29. The number of aryl methyl sites for hydroxylation is 1. The van der Waals surface area contributed by atoms with Crippen molar-refractivity contribution in [3.05, 3.63) is 53.4 Å². The number of nitrogens with one attached hydrogen (secondary N) is 1. The lowest BCUT2D eigenvalue weighted by atomic mass is 9.94. The molecule has 1 aliphatic heterocycles. The van der Waals surface area contributed by atoms with Gasteiger partial charge in [-0.2, -0.15) is 0 Å². The van der Waals surface area contributed by atoms with Crippen molar-refractivity contribution in [1.29, 1.82) is 0 Å². The van der Waals surface area contributed by atoms with E-state index in [0.717, 1.165) is 51.5 Å². The summed E-state index contributed by atoms with van der Waals surface area (Å²) in [5.74, 6) is 2.36. The minimum Gasteiger partial charge on any atom is -0.444 e. The molecule has 0 saturated carbocycles. The average molecular weight is 486 g/mol. The van der Waals surface area contributed by atoms with Gasteiger partial charge in [0.1, 0.15) is 5.76 Å². The lowest BCUT2D eigenvalue weighted by Crippen LogP contribution is -2.45. The van der Waals surface area contributed by atoms with Crippen LogP contribution < -0.4 is 11.1 Å². The van der Waals surface area contributed by atoms with Crippen LogP contribution >= 0.6 is 23.1 Å². The molecule has 1 amide bonds. The third kappa shape index (κ3) is 5.89. The number of benzene rings is 1. The maximum atomic E-state index is 13.0. The van der Waals surface area contributed by atoms with Gasteiger partial charge in [-0.25, -0.2) is 9.97 Å². The van der Waals surface area contributed by atoms with Gasteiger partial charge in [-0.1, -0.05) is 32.1 Å². The van der Waals surface area contributed by atoms with Gasteiger partial charge in [-0.05, 0) is 43.5 Å². The van der Waals surface area contributed by atoms with Crippen LogP contribution in [0.2, 0.25) is 0 Å². The Morgan fingerprint density at radius 1 is 1.33 bits per heavy atom. The molecule has 2 aromatic heterocycles. The average Bonchev–Trinajstić information content (AvgIpc) is 3.41. The van der Waals surface area contributed by atoms with Crippen LogP contribution in [-0.4, -0.2) is 39.9 Å². The second-order valence-corrected chi connectivity index (χ2v) is 11.8. The van der Waals surface area contributed by atoms with Crippen molar-refractivity contribution in [3.63, 3.8) is 0 Å². The summed E-state index contributed by atoms with van der Waals surface area (Å²) in [5, 5.41) is 4.40. The SMILES string of the molecule is Cc1cc(N)ccc1C(=O)N1CCCC(Nc2ncc(SCc3ncc(C(C)(C)C)o3)s2)C1. The van der Waals surface area contributed by atoms with E-state index in [1.54, 1.807) is 29.2 Å². The largest absolute Gasteiger partial charge is 0.444 e. The predicted molar refractivity (Wildman–Crippen MR) is 135 cm³/mol. The van der Waals surface area contributed by atoms with Crippen LogP contribution in [0, 0.1) is 6.92 Å². The normalized spacial score (nSPS) is 16.7. The van der Waals surface area contributed by atoms with Crippen LogP contribution in [-0.2, 0) is 11.2 Å². The maximum absolute atomic E-state index is 13.0. The van der Waals surface area contributed by atoms with E-state index in [-0.39, 0.29) is 17.4 Å². The van der Waals surface area contributed by atoms with Crippen molar-refractivity contribution in [2.45, 2.75) is 62.0 Å². The first-order valence-electron chi connectivity index (χ1n) is 11.1. The van der Waals surface area contributed by atoms with Crippen molar-refractivity contribution in [3.8, 4) is 0 Å². The Hall–Kier alpha value is -2.52. The molecule has 1 aromatic carbocycles. The lowest BCUT2D eigenvalue weighted by molar-refractivity contribution is 0.0714. The number of nitrogens with two attached hydrogens (primary N) is 1. The number of carbonyl (C=O) groups is 1. The predicted octanol–water partition coefficient (Wildman–Crippen LogP) is 5.33. The highest BCUT2D eigenvalue weighted by molar-refractivity contribution is 8.00. The van der Waals surface area contributed by atoms with Gasteiger partial charge in [0.25, 0.3) is 5.91 Å². The minimum absolute atomic E-state index is 0.0423. The second-order valence-electron chi connectivity index (χ2n) is 9.45. The number of aromatic nitrogens is 2. The first kappa shape index (κ1) is 23.6. The second kappa shape index (κ2) is 9.77. The topological polar surface area (TPSA) is 97.3 Å². The Bertz CT molecular complexity index is 1120. The van der Waals surface area contributed by atoms with Crippen molar-refractivity contribution in [2.75, 3.05) is 24.1 Å². The van der Waals surface area contributed by atoms with E-state index in [2.05, 4.69) is 36.1 Å². The summed E-state index contributed by atoms with van der Waals surface area (Å²) in [5.41, 5.74) is 8.11. The first-order chi connectivity index (χ1) is 15.7. The molecule has 1 atom stereocenters. The third-order valence-corrected chi connectivity index (χ3v) is 7.74. The number of nitrogen functional groups attached to an aromatic ring is 1. The summed E-state index contributed by atoms with van der Waals surface area (Å²) in [6, 6.07) is 5.65. The fraction of sp³-hybridized carbons (Fsp3) is 0.458. The van der Waals surface area contributed by atoms with Gasteiger partial charge in [0.05, 0.1) is 22.4 Å². The first-order valence-corrected chi connectivity index (χ1v) is 12.9. The number of rotatable bonds is 6. The molecule has 1 aliphatic rings. The van der Waals surface area contributed by atoms with Crippen molar-refractivity contribution in [2.24, 2.45) is 0 Å². The molecule has 7 nitrogen and oxygen atoms in total. The van der Waals surface area contributed by atoms with E-state index in [1.807, 2.05) is 36.4 Å². The van der Waals surface area contributed by atoms with Crippen LogP contribution in [0.5, 0.6) is 0 Å². The summed E-state index contributed by atoms with van der Waals surface area (Å²) in [7, 11) is 0. The molecule has 0 aliphatic carbocycles. The highest BCUT2D eigenvalue weighted by Gasteiger charge is 2.26. The summed E-state index contributed by atoms with van der Waals surface area (Å²) in [4.78, 5) is 23.9. The quantitative estimate of drug-likeness (QED) is 0.360. The number of anilines is 2. The molecule has 0 bridgehead atoms. The summed E-state index contributed by atoms with van der Waals surface area (Å²) in [6.07, 6.45) is 5.68. The zero-order valence-corrected chi connectivity index (χ0v) is 21.2. The molecule has 3 heterocycles. The van der Waals surface area contributed by atoms with Crippen LogP contribution in [0.3, 0.4) is 0 Å². The molecule has 4 rings (SSSR count). The van der Waals surface area contributed by atoms with Crippen LogP contribution in [0.4, 0.5) is 10.8 Å². The molecule has 0 radical (unpaired) electrons. The maximum Gasteiger partial charge on any atom is 0.254 e. The van der Waals surface area contributed by atoms with Gasteiger partial charge < -0.3 is 20.4 Å². The number of piperidine rings is 1. The van der Waals surface area contributed by atoms with Gasteiger partial charge >= 0.3 is 0 Å². The van der Waals surface area contributed by atoms with Crippen molar-refractivity contribution < 1.29 is 9.21 Å². The molecular weight excluding hydrogens is 454 g/mol. The van der Waals surface area contributed by atoms with E-state index >= 15 is 0 Å². The summed E-state index contributed by atoms with van der Waals surface area (Å²) < 4.78 is 6.98. The highest BCUT2D eigenvalue weighted by Crippen LogP contribution is 2.32. The fourth-order valence-electron chi connectivity index (χ4n) is 3.80. The van der Waals surface area contributed by atoms with Crippen LogP contribution in [0.25, 0.3) is 0 Å². The number of nitrogens with zero attached hydrogens (tertiary/aromatic N) is 3. The number of amides is 1. The van der Waals surface area contributed by atoms with E-state index in [1.165, 1.54) is 0 Å². The number of hydrogen-bond donors (Lipinski definition) is 2. The van der Waals surface area contributed by atoms with E-state index in [9.17, 15) is 4.79 Å². The molecule has 3 N–H and O–H groups in total. The molecular formula is C24H31N5O2S2. The van der Waals surface area contributed by atoms with Gasteiger partial charge in [-0.15, -0.1) is 11.8 Å². The molecule has 1 saturated heterocycles. The van der Waals surface area contributed by atoms with E-state index < -0.39 is 0 Å². The van der Waals surface area contributed by atoms with Gasteiger partial charge in [0.2, 0.25) is 5.89 Å². The Kier molecular flexibility index (Phi) is 6.99. The van der Waals surface area contributed by atoms with Crippen molar-refractivity contribution >= 4 is 39.8 Å². The Morgan fingerprint density at radius 2 is 2.15 bits per heavy atom. The molecule has 1 unspecified atom stereocenters. The Balaban J connectivity index is 1.32.